The second-order valence-electron chi connectivity index (χ2n) is 7.45. The molecule has 8 heteroatoms. The molecule has 0 atom stereocenters. The molecule has 4 rings (SSSR count). The molecule has 1 aliphatic carbocycles. The van der Waals surface area contributed by atoms with Gasteiger partial charge in [0.1, 0.15) is 5.56 Å². The van der Waals surface area contributed by atoms with Crippen LogP contribution >= 0.6 is 11.3 Å². The van der Waals surface area contributed by atoms with Crippen LogP contribution in [0.4, 0.5) is 0 Å². The summed E-state index contributed by atoms with van der Waals surface area (Å²) in [5.74, 6) is -0.253. The summed E-state index contributed by atoms with van der Waals surface area (Å²) >= 11 is 1.59. The van der Waals surface area contributed by atoms with Gasteiger partial charge in [0.05, 0.1) is 10.7 Å². The van der Waals surface area contributed by atoms with E-state index in [2.05, 4.69) is 10.3 Å². The Morgan fingerprint density at radius 2 is 2.14 bits per heavy atom. The molecule has 1 N–H and O–H groups in total. The van der Waals surface area contributed by atoms with Gasteiger partial charge in [0.25, 0.3) is 11.5 Å². The second-order valence-corrected chi connectivity index (χ2v) is 8.52. The van der Waals surface area contributed by atoms with Crippen LogP contribution in [0.3, 0.4) is 0 Å². The van der Waals surface area contributed by atoms with Gasteiger partial charge in [-0.25, -0.2) is 4.98 Å². The Bertz CT molecular complexity index is 990. The lowest BCUT2D eigenvalue weighted by molar-refractivity contribution is -0.132. The topological polar surface area (TPSA) is 84.3 Å². The van der Waals surface area contributed by atoms with Crippen molar-refractivity contribution in [3.05, 3.63) is 49.3 Å². The van der Waals surface area contributed by atoms with Gasteiger partial charge < -0.3 is 14.8 Å². The Balaban J connectivity index is 1.55. The molecule has 1 saturated carbocycles. The fourth-order valence-electron chi connectivity index (χ4n) is 3.79. The standard InChI is InChI=1S/C20H24N4O3S/c1-12-22-14(11-28-12)3-6-17(25)23-8-7-16-13(9-23)10-24(15-4-5-15)20(27)18(16)19(26)21-2/h10-11,15H,3-9H2,1-2H3,(H,21,26). The lowest BCUT2D eigenvalue weighted by atomic mass is 9.95. The molecule has 2 aromatic heterocycles. The maximum absolute atomic E-state index is 12.8. The van der Waals surface area contributed by atoms with Crippen molar-refractivity contribution < 1.29 is 9.59 Å². The van der Waals surface area contributed by atoms with Crippen molar-refractivity contribution in [2.45, 2.75) is 51.6 Å². The van der Waals surface area contributed by atoms with Crippen molar-refractivity contribution in [3.63, 3.8) is 0 Å². The molecular formula is C20H24N4O3S. The normalized spacial score (nSPS) is 16.0. The minimum absolute atomic E-state index is 0.0852. The van der Waals surface area contributed by atoms with Crippen molar-refractivity contribution in [2.75, 3.05) is 13.6 Å². The molecular weight excluding hydrogens is 376 g/mol. The molecule has 2 amide bonds. The van der Waals surface area contributed by atoms with Crippen LogP contribution in [0.25, 0.3) is 0 Å². The van der Waals surface area contributed by atoms with Gasteiger partial charge in [0, 0.05) is 44.2 Å². The predicted octanol–water partition coefficient (Wildman–Crippen LogP) is 1.83. The largest absolute Gasteiger partial charge is 0.355 e. The molecule has 0 spiro atoms. The van der Waals surface area contributed by atoms with E-state index in [1.807, 2.05) is 23.4 Å². The van der Waals surface area contributed by atoms with Crippen molar-refractivity contribution in [1.82, 2.24) is 19.8 Å². The summed E-state index contributed by atoms with van der Waals surface area (Å²) in [5.41, 5.74) is 2.70. The summed E-state index contributed by atoms with van der Waals surface area (Å²) in [6.07, 6.45) is 5.37. The number of aryl methyl sites for hydroxylation is 2. The van der Waals surface area contributed by atoms with Gasteiger partial charge in [-0.1, -0.05) is 0 Å². The number of hydrogen-bond donors (Lipinski definition) is 1. The van der Waals surface area contributed by atoms with E-state index in [-0.39, 0.29) is 29.0 Å². The van der Waals surface area contributed by atoms with Crippen LogP contribution < -0.4 is 10.9 Å². The third-order valence-electron chi connectivity index (χ3n) is 5.43. The zero-order valence-corrected chi connectivity index (χ0v) is 17.0. The van der Waals surface area contributed by atoms with Crippen LogP contribution in [0, 0.1) is 6.92 Å². The zero-order chi connectivity index (χ0) is 19.8. The van der Waals surface area contributed by atoms with Gasteiger partial charge in [-0.3, -0.25) is 14.4 Å². The maximum Gasteiger partial charge on any atom is 0.263 e. The third kappa shape index (κ3) is 3.61. The Hall–Kier alpha value is -2.48. The van der Waals surface area contributed by atoms with E-state index in [4.69, 9.17) is 0 Å². The average molecular weight is 401 g/mol. The summed E-state index contributed by atoms with van der Waals surface area (Å²) in [5, 5.41) is 5.60. The lowest BCUT2D eigenvalue weighted by Crippen LogP contribution is -2.41. The highest BCUT2D eigenvalue weighted by Crippen LogP contribution is 2.34. The van der Waals surface area contributed by atoms with E-state index >= 15 is 0 Å². The summed E-state index contributed by atoms with van der Waals surface area (Å²) in [4.78, 5) is 44.1. The number of fused-ring (bicyclic) bond motifs is 1. The predicted molar refractivity (Wildman–Crippen MR) is 107 cm³/mol. The first-order valence-corrected chi connectivity index (χ1v) is 10.5. The number of pyridine rings is 1. The number of rotatable bonds is 5. The quantitative estimate of drug-likeness (QED) is 0.830. The minimum atomic E-state index is -0.338. The van der Waals surface area contributed by atoms with E-state index in [9.17, 15) is 14.4 Å². The van der Waals surface area contributed by atoms with Crippen LogP contribution in [-0.2, 0) is 24.2 Å². The van der Waals surface area contributed by atoms with Crippen LogP contribution in [0.15, 0.2) is 16.4 Å². The molecule has 7 nitrogen and oxygen atoms in total. The summed E-state index contributed by atoms with van der Waals surface area (Å²) in [7, 11) is 1.54. The van der Waals surface area contributed by atoms with Gasteiger partial charge in [0.2, 0.25) is 5.91 Å². The number of nitrogens with zero attached hydrogens (tertiary/aromatic N) is 3. The number of thiazole rings is 1. The fourth-order valence-corrected chi connectivity index (χ4v) is 4.44. The molecule has 0 unspecified atom stereocenters. The first kappa shape index (κ1) is 18.9. The van der Waals surface area contributed by atoms with E-state index in [1.54, 1.807) is 23.0 Å². The van der Waals surface area contributed by atoms with Crippen molar-refractivity contribution in [2.24, 2.45) is 0 Å². The average Bonchev–Trinajstić information content (AvgIpc) is 3.45. The van der Waals surface area contributed by atoms with Gasteiger partial charge in [-0.2, -0.15) is 0 Å². The fraction of sp³-hybridized carbons (Fsp3) is 0.500. The molecule has 3 heterocycles. The van der Waals surface area contributed by atoms with E-state index in [1.165, 1.54) is 0 Å². The highest BCUT2D eigenvalue weighted by Gasteiger charge is 2.32. The zero-order valence-electron chi connectivity index (χ0n) is 16.2. The van der Waals surface area contributed by atoms with Crippen LogP contribution in [0.2, 0.25) is 0 Å². The molecule has 148 valence electrons. The highest BCUT2D eigenvalue weighted by atomic mass is 32.1. The van der Waals surface area contributed by atoms with Crippen LogP contribution in [-0.4, -0.2) is 39.9 Å². The molecule has 2 aromatic rings. The first-order chi connectivity index (χ1) is 13.5. The number of carbonyl (C=O) groups excluding carboxylic acids is 2. The van der Waals surface area contributed by atoms with E-state index in [0.717, 1.165) is 34.7 Å². The summed E-state index contributed by atoms with van der Waals surface area (Å²) in [6, 6.07) is 0.181. The molecule has 0 bridgehead atoms. The lowest BCUT2D eigenvalue weighted by Gasteiger charge is -2.30. The van der Waals surface area contributed by atoms with Crippen molar-refractivity contribution in [3.8, 4) is 0 Å². The molecule has 0 saturated heterocycles. The Labute approximate surface area is 167 Å². The SMILES string of the molecule is CNC(=O)c1c2c(cn(C3CC3)c1=O)CN(C(=O)CCc1csc(C)n1)CC2. The van der Waals surface area contributed by atoms with E-state index in [0.29, 0.717) is 32.4 Å². The molecule has 0 aromatic carbocycles. The number of amides is 2. The first-order valence-electron chi connectivity index (χ1n) is 9.65. The van der Waals surface area contributed by atoms with Gasteiger partial charge >= 0.3 is 0 Å². The van der Waals surface area contributed by atoms with Crippen LogP contribution in [0.1, 0.15) is 57.5 Å². The molecule has 1 aliphatic heterocycles. The van der Waals surface area contributed by atoms with Gasteiger partial charge in [0.15, 0.2) is 0 Å². The summed E-state index contributed by atoms with van der Waals surface area (Å²) < 4.78 is 1.69. The monoisotopic (exact) mass is 400 g/mol. The maximum atomic E-state index is 12.8. The van der Waals surface area contributed by atoms with Gasteiger partial charge in [-0.05, 0) is 43.7 Å². The van der Waals surface area contributed by atoms with Crippen molar-refractivity contribution in [1.29, 1.82) is 0 Å². The molecule has 28 heavy (non-hydrogen) atoms. The highest BCUT2D eigenvalue weighted by molar-refractivity contribution is 7.09. The van der Waals surface area contributed by atoms with Gasteiger partial charge in [-0.15, -0.1) is 11.3 Å². The number of nitrogens with one attached hydrogen (secondary N) is 1. The number of hydrogen-bond acceptors (Lipinski definition) is 5. The molecule has 0 radical (unpaired) electrons. The smallest absolute Gasteiger partial charge is 0.263 e. The van der Waals surface area contributed by atoms with Crippen LogP contribution in [0.5, 0.6) is 0 Å². The Morgan fingerprint density at radius 3 is 2.79 bits per heavy atom. The van der Waals surface area contributed by atoms with Crippen molar-refractivity contribution >= 4 is 23.2 Å². The second kappa shape index (κ2) is 7.50. The molecule has 2 aliphatic rings. The number of aromatic nitrogens is 2. The third-order valence-corrected chi connectivity index (χ3v) is 6.26. The van der Waals surface area contributed by atoms with E-state index < -0.39 is 0 Å². The Morgan fingerprint density at radius 1 is 1.36 bits per heavy atom. The minimum Gasteiger partial charge on any atom is -0.355 e. The Kier molecular flexibility index (Phi) is 5.05. The summed E-state index contributed by atoms with van der Waals surface area (Å²) in [6.45, 7) is 2.93. The molecule has 1 fully saturated rings. The number of carbonyl (C=O) groups is 2.